The highest BCUT2D eigenvalue weighted by Gasteiger charge is 2.04. The van der Waals surface area contributed by atoms with Gasteiger partial charge in [0, 0.05) is 6.07 Å². The van der Waals surface area contributed by atoms with Gasteiger partial charge in [-0.25, -0.2) is 0 Å². The number of hydrogen-bond acceptors (Lipinski definition) is 4. The zero-order valence-corrected chi connectivity index (χ0v) is 8.32. The van der Waals surface area contributed by atoms with Gasteiger partial charge in [-0.05, 0) is 18.2 Å². The summed E-state index contributed by atoms with van der Waals surface area (Å²) in [4.78, 5) is 11.7. The fourth-order valence-corrected chi connectivity index (χ4v) is 1.41. The van der Waals surface area contributed by atoms with E-state index < -0.39 is 0 Å². The Kier molecular flexibility index (Phi) is 2.43. The number of fused-ring (bicyclic) bond motifs is 1. The molecular formula is C11H11NO3. The van der Waals surface area contributed by atoms with Gasteiger partial charge in [-0.3, -0.25) is 4.79 Å². The summed E-state index contributed by atoms with van der Waals surface area (Å²) >= 11 is 0. The minimum absolute atomic E-state index is 0.101. The third-order valence-corrected chi connectivity index (χ3v) is 2.19. The van der Waals surface area contributed by atoms with Crippen molar-refractivity contribution in [2.75, 3.05) is 7.11 Å². The molecule has 1 aromatic heterocycles. The topological polar surface area (TPSA) is 65.5 Å². The van der Waals surface area contributed by atoms with Crippen molar-refractivity contribution in [3.8, 4) is 5.75 Å². The number of ether oxygens (including phenoxy) is 1. The van der Waals surface area contributed by atoms with Crippen molar-refractivity contribution in [1.82, 2.24) is 0 Å². The average Bonchev–Trinajstić information content (AvgIpc) is 2.28. The lowest BCUT2D eigenvalue weighted by Gasteiger charge is -2.02. The molecule has 0 unspecified atom stereocenters. The largest absolute Gasteiger partial charge is 0.497 e. The highest BCUT2D eigenvalue weighted by atomic mass is 16.5. The Morgan fingerprint density at radius 1 is 1.40 bits per heavy atom. The van der Waals surface area contributed by atoms with Crippen LogP contribution in [0.4, 0.5) is 0 Å². The van der Waals surface area contributed by atoms with Crippen LogP contribution in [0.3, 0.4) is 0 Å². The van der Waals surface area contributed by atoms with Crippen LogP contribution in [-0.2, 0) is 6.54 Å². The number of methoxy groups -OCH3 is 1. The maximum atomic E-state index is 11.7. The molecule has 2 N–H and O–H groups in total. The quantitative estimate of drug-likeness (QED) is 0.801. The molecule has 2 aromatic rings. The van der Waals surface area contributed by atoms with Crippen LogP contribution in [0.1, 0.15) is 5.76 Å². The third-order valence-electron chi connectivity index (χ3n) is 2.19. The molecule has 1 heterocycles. The molecule has 0 bridgehead atoms. The summed E-state index contributed by atoms with van der Waals surface area (Å²) < 4.78 is 10.4. The fourth-order valence-electron chi connectivity index (χ4n) is 1.41. The molecule has 0 fully saturated rings. The first-order valence-electron chi connectivity index (χ1n) is 4.55. The van der Waals surface area contributed by atoms with Crippen LogP contribution in [0.5, 0.6) is 5.75 Å². The molecule has 78 valence electrons. The number of rotatable bonds is 2. The first kappa shape index (κ1) is 9.73. The lowest BCUT2D eigenvalue weighted by Crippen LogP contribution is -2.05. The van der Waals surface area contributed by atoms with Crippen LogP contribution in [0.25, 0.3) is 11.0 Å². The van der Waals surface area contributed by atoms with Gasteiger partial charge in [0.2, 0.25) is 0 Å². The molecule has 0 saturated carbocycles. The van der Waals surface area contributed by atoms with Gasteiger partial charge in [-0.1, -0.05) is 0 Å². The monoisotopic (exact) mass is 205 g/mol. The molecular weight excluding hydrogens is 194 g/mol. The fraction of sp³-hybridized carbons (Fsp3) is 0.182. The van der Waals surface area contributed by atoms with Crippen molar-refractivity contribution in [2.24, 2.45) is 5.73 Å². The molecule has 0 atom stereocenters. The Hall–Kier alpha value is -1.81. The summed E-state index contributed by atoms with van der Waals surface area (Å²) in [7, 11) is 1.55. The Morgan fingerprint density at radius 3 is 2.87 bits per heavy atom. The average molecular weight is 205 g/mol. The minimum Gasteiger partial charge on any atom is -0.497 e. The van der Waals surface area contributed by atoms with Crippen molar-refractivity contribution in [2.45, 2.75) is 6.54 Å². The SMILES string of the molecule is COc1ccc2oc(CN)cc(=O)c2c1. The Morgan fingerprint density at radius 2 is 2.20 bits per heavy atom. The van der Waals surface area contributed by atoms with Crippen LogP contribution in [0.2, 0.25) is 0 Å². The first-order chi connectivity index (χ1) is 7.24. The van der Waals surface area contributed by atoms with Crippen LogP contribution in [0.15, 0.2) is 33.5 Å². The second-order valence-electron chi connectivity index (χ2n) is 3.14. The van der Waals surface area contributed by atoms with E-state index in [1.165, 1.54) is 6.07 Å². The minimum atomic E-state index is -0.101. The number of benzene rings is 1. The Balaban J connectivity index is 2.74. The Bertz CT molecular complexity index is 545. The molecule has 0 aliphatic carbocycles. The smallest absolute Gasteiger partial charge is 0.193 e. The van der Waals surface area contributed by atoms with Gasteiger partial charge in [0.05, 0.1) is 19.0 Å². The predicted molar refractivity (Wildman–Crippen MR) is 56.9 cm³/mol. The highest BCUT2D eigenvalue weighted by Crippen LogP contribution is 2.18. The summed E-state index contributed by atoms with van der Waals surface area (Å²) in [5.41, 5.74) is 5.84. The van der Waals surface area contributed by atoms with Crippen molar-refractivity contribution in [1.29, 1.82) is 0 Å². The van der Waals surface area contributed by atoms with Crippen molar-refractivity contribution in [3.05, 3.63) is 40.2 Å². The molecule has 0 radical (unpaired) electrons. The van der Waals surface area contributed by atoms with Gasteiger partial charge in [-0.2, -0.15) is 0 Å². The molecule has 0 aliphatic rings. The maximum absolute atomic E-state index is 11.7. The summed E-state index contributed by atoms with van der Waals surface area (Å²) in [6.45, 7) is 0.219. The standard InChI is InChI=1S/C11H11NO3/c1-14-7-2-3-11-9(4-7)10(13)5-8(6-12)15-11/h2-5H,6,12H2,1H3. The Labute approximate surface area is 86.3 Å². The van der Waals surface area contributed by atoms with Crippen molar-refractivity contribution in [3.63, 3.8) is 0 Å². The van der Waals surface area contributed by atoms with Crippen LogP contribution >= 0.6 is 0 Å². The van der Waals surface area contributed by atoms with Crippen LogP contribution in [-0.4, -0.2) is 7.11 Å². The van der Waals surface area contributed by atoms with Crippen LogP contribution < -0.4 is 15.9 Å². The van der Waals surface area contributed by atoms with Gasteiger partial charge >= 0.3 is 0 Å². The molecule has 15 heavy (non-hydrogen) atoms. The summed E-state index contributed by atoms with van der Waals surface area (Å²) in [5, 5.41) is 0.506. The molecule has 2 rings (SSSR count). The molecule has 0 aliphatic heterocycles. The van der Waals surface area contributed by atoms with Gasteiger partial charge in [0.15, 0.2) is 5.43 Å². The van der Waals surface area contributed by atoms with E-state index in [-0.39, 0.29) is 12.0 Å². The summed E-state index contributed by atoms with van der Waals surface area (Å²) in [6.07, 6.45) is 0. The molecule has 0 spiro atoms. The van der Waals surface area contributed by atoms with E-state index in [1.807, 2.05) is 0 Å². The van der Waals surface area contributed by atoms with Crippen molar-refractivity contribution >= 4 is 11.0 Å². The zero-order valence-electron chi connectivity index (χ0n) is 8.32. The maximum Gasteiger partial charge on any atom is 0.193 e. The third kappa shape index (κ3) is 1.71. The number of nitrogens with two attached hydrogens (primary N) is 1. The van der Waals surface area contributed by atoms with E-state index in [4.69, 9.17) is 14.9 Å². The van der Waals surface area contributed by atoms with E-state index in [2.05, 4.69) is 0 Å². The zero-order chi connectivity index (χ0) is 10.8. The lowest BCUT2D eigenvalue weighted by atomic mass is 10.2. The second kappa shape index (κ2) is 3.74. The van der Waals surface area contributed by atoms with E-state index in [9.17, 15) is 4.79 Å². The lowest BCUT2D eigenvalue weighted by molar-refractivity contribution is 0.415. The van der Waals surface area contributed by atoms with Crippen LogP contribution in [0, 0.1) is 0 Å². The molecule has 4 heteroatoms. The normalized spacial score (nSPS) is 10.5. The van der Waals surface area contributed by atoms with Crippen molar-refractivity contribution < 1.29 is 9.15 Å². The molecule has 1 aromatic carbocycles. The van der Waals surface area contributed by atoms with E-state index in [0.29, 0.717) is 22.5 Å². The van der Waals surface area contributed by atoms with Gasteiger partial charge in [0.1, 0.15) is 17.1 Å². The predicted octanol–water partition coefficient (Wildman–Crippen LogP) is 1.26. The summed E-state index contributed by atoms with van der Waals surface area (Å²) in [6, 6.07) is 6.50. The van der Waals surface area contributed by atoms with Gasteiger partial charge in [0.25, 0.3) is 0 Å². The van der Waals surface area contributed by atoms with E-state index >= 15 is 0 Å². The van der Waals surface area contributed by atoms with E-state index in [0.717, 1.165) is 0 Å². The first-order valence-corrected chi connectivity index (χ1v) is 4.55. The molecule has 4 nitrogen and oxygen atoms in total. The number of hydrogen-bond donors (Lipinski definition) is 1. The highest BCUT2D eigenvalue weighted by molar-refractivity contribution is 5.78. The van der Waals surface area contributed by atoms with Gasteiger partial charge in [-0.15, -0.1) is 0 Å². The molecule has 0 amide bonds. The molecule has 0 saturated heterocycles. The van der Waals surface area contributed by atoms with Gasteiger partial charge < -0.3 is 14.9 Å². The summed E-state index contributed by atoms with van der Waals surface area (Å²) in [5.74, 6) is 1.12. The second-order valence-corrected chi connectivity index (χ2v) is 3.14. The van der Waals surface area contributed by atoms with E-state index in [1.54, 1.807) is 25.3 Å².